The Kier molecular flexibility index (Phi) is 5.40. The molecule has 0 heterocycles. The number of benzene rings is 3. The van der Waals surface area contributed by atoms with Crippen LogP contribution in [-0.2, 0) is 16.4 Å². The van der Waals surface area contributed by atoms with E-state index in [1.165, 1.54) is 0 Å². The van der Waals surface area contributed by atoms with Gasteiger partial charge in [0.05, 0.1) is 15.9 Å². The van der Waals surface area contributed by atoms with Crippen molar-refractivity contribution in [1.82, 2.24) is 0 Å². The van der Waals surface area contributed by atoms with Crippen molar-refractivity contribution in [2.75, 3.05) is 5.32 Å². The number of nitrogens with one attached hydrogen (secondary N) is 1. The van der Waals surface area contributed by atoms with E-state index in [2.05, 4.69) is 5.32 Å². The van der Waals surface area contributed by atoms with Gasteiger partial charge in [-0.15, -0.1) is 0 Å². The standard InChI is InChI=1S/C21H21NO3S/c1-16(23)20-9-5-6-10-21(20)22-15-17-11-13-19(14-12-17)26(24,25)18-7-3-2-4-8-18/h2-14,16,22-23H,15H2,1H3/t16-/m1/s1. The van der Waals surface area contributed by atoms with Gasteiger partial charge < -0.3 is 10.4 Å². The summed E-state index contributed by atoms with van der Waals surface area (Å²) in [6.07, 6.45) is -0.558. The molecule has 0 spiro atoms. The van der Waals surface area contributed by atoms with Crippen LogP contribution in [0.2, 0.25) is 0 Å². The van der Waals surface area contributed by atoms with Crippen LogP contribution in [0.25, 0.3) is 0 Å². The smallest absolute Gasteiger partial charge is 0.206 e. The molecule has 3 aromatic rings. The van der Waals surface area contributed by atoms with E-state index in [0.29, 0.717) is 6.54 Å². The first kappa shape index (κ1) is 18.2. The van der Waals surface area contributed by atoms with E-state index < -0.39 is 15.9 Å². The van der Waals surface area contributed by atoms with Crippen molar-refractivity contribution in [2.45, 2.75) is 29.4 Å². The van der Waals surface area contributed by atoms with Crippen LogP contribution in [0.1, 0.15) is 24.2 Å². The zero-order chi connectivity index (χ0) is 18.6. The first-order valence-corrected chi connectivity index (χ1v) is 9.87. The van der Waals surface area contributed by atoms with Gasteiger partial charge in [-0.2, -0.15) is 0 Å². The molecule has 2 N–H and O–H groups in total. The van der Waals surface area contributed by atoms with Crippen LogP contribution in [0.5, 0.6) is 0 Å². The molecule has 0 bridgehead atoms. The van der Waals surface area contributed by atoms with Gasteiger partial charge in [-0.1, -0.05) is 48.5 Å². The fourth-order valence-corrected chi connectivity index (χ4v) is 4.02. The lowest BCUT2D eigenvalue weighted by Gasteiger charge is -2.14. The van der Waals surface area contributed by atoms with Crippen molar-refractivity contribution >= 4 is 15.5 Å². The van der Waals surface area contributed by atoms with Crippen molar-refractivity contribution in [2.24, 2.45) is 0 Å². The second kappa shape index (κ2) is 7.72. The van der Waals surface area contributed by atoms with E-state index in [0.717, 1.165) is 16.8 Å². The summed E-state index contributed by atoms with van der Waals surface area (Å²) < 4.78 is 25.2. The molecule has 0 aromatic heterocycles. The Morgan fingerprint density at radius 1 is 0.846 bits per heavy atom. The predicted molar refractivity (Wildman–Crippen MR) is 103 cm³/mol. The molecule has 0 saturated heterocycles. The lowest BCUT2D eigenvalue weighted by atomic mass is 10.1. The Balaban J connectivity index is 1.75. The van der Waals surface area contributed by atoms with E-state index in [-0.39, 0.29) is 9.79 Å². The summed E-state index contributed by atoms with van der Waals surface area (Å²) in [4.78, 5) is 0.563. The molecule has 26 heavy (non-hydrogen) atoms. The molecule has 0 unspecified atom stereocenters. The average Bonchev–Trinajstić information content (AvgIpc) is 2.67. The molecule has 0 aliphatic rings. The minimum atomic E-state index is -3.49. The number of para-hydroxylation sites is 1. The van der Waals surface area contributed by atoms with E-state index in [4.69, 9.17) is 0 Å². The highest BCUT2D eigenvalue weighted by Crippen LogP contribution is 2.24. The molecular weight excluding hydrogens is 346 g/mol. The van der Waals surface area contributed by atoms with E-state index in [9.17, 15) is 13.5 Å². The maximum Gasteiger partial charge on any atom is 0.206 e. The van der Waals surface area contributed by atoms with Gasteiger partial charge in [0.15, 0.2) is 0 Å². The average molecular weight is 367 g/mol. The number of hydrogen-bond acceptors (Lipinski definition) is 4. The molecule has 3 aromatic carbocycles. The second-order valence-corrected chi connectivity index (χ2v) is 8.03. The zero-order valence-electron chi connectivity index (χ0n) is 14.5. The second-order valence-electron chi connectivity index (χ2n) is 6.08. The topological polar surface area (TPSA) is 66.4 Å². The fraction of sp³-hybridized carbons (Fsp3) is 0.143. The maximum absolute atomic E-state index is 12.6. The van der Waals surface area contributed by atoms with Gasteiger partial charge in [-0.25, -0.2) is 8.42 Å². The number of rotatable bonds is 6. The van der Waals surface area contributed by atoms with Gasteiger partial charge >= 0.3 is 0 Å². The number of aliphatic hydroxyl groups is 1. The molecule has 134 valence electrons. The third kappa shape index (κ3) is 3.95. The van der Waals surface area contributed by atoms with Gasteiger partial charge in [-0.3, -0.25) is 0 Å². The molecule has 3 rings (SSSR count). The van der Waals surface area contributed by atoms with Crippen molar-refractivity contribution in [1.29, 1.82) is 0 Å². The summed E-state index contributed by atoms with van der Waals surface area (Å²) >= 11 is 0. The molecule has 0 aliphatic heterocycles. The lowest BCUT2D eigenvalue weighted by molar-refractivity contribution is 0.200. The van der Waals surface area contributed by atoms with Crippen molar-refractivity contribution in [3.63, 3.8) is 0 Å². The van der Waals surface area contributed by atoms with Crippen LogP contribution in [0.3, 0.4) is 0 Å². The molecule has 0 fully saturated rings. The highest BCUT2D eigenvalue weighted by atomic mass is 32.2. The summed E-state index contributed by atoms with van der Waals surface area (Å²) in [5.41, 5.74) is 2.65. The fourth-order valence-electron chi connectivity index (χ4n) is 2.74. The molecule has 1 atom stereocenters. The minimum absolute atomic E-state index is 0.275. The number of sulfone groups is 1. The SMILES string of the molecule is C[C@@H](O)c1ccccc1NCc1ccc(S(=O)(=O)c2ccccc2)cc1. The number of hydrogen-bond donors (Lipinski definition) is 2. The summed E-state index contributed by atoms with van der Waals surface area (Å²) in [5.74, 6) is 0. The Morgan fingerprint density at radius 2 is 1.42 bits per heavy atom. The Labute approximate surface area is 154 Å². The van der Waals surface area contributed by atoms with Crippen molar-refractivity contribution in [3.8, 4) is 0 Å². The zero-order valence-corrected chi connectivity index (χ0v) is 15.3. The highest BCUT2D eigenvalue weighted by Gasteiger charge is 2.16. The van der Waals surface area contributed by atoms with Crippen LogP contribution in [-0.4, -0.2) is 13.5 Å². The molecule has 5 heteroatoms. The summed E-state index contributed by atoms with van der Waals surface area (Å²) in [6.45, 7) is 2.26. The molecule has 4 nitrogen and oxygen atoms in total. The van der Waals surface area contributed by atoms with Gasteiger partial charge in [0.1, 0.15) is 0 Å². The van der Waals surface area contributed by atoms with Crippen molar-refractivity contribution in [3.05, 3.63) is 90.0 Å². The van der Waals surface area contributed by atoms with E-state index >= 15 is 0 Å². The predicted octanol–water partition coefficient (Wildman–Crippen LogP) is 4.18. The normalized spacial score (nSPS) is 12.5. The minimum Gasteiger partial charge on any atom is -0.389 e. The maximum atomic E-state index is 12.6. The third-order valence-electron chi connectivity index (χ3n) is 4.18. The summed E-state index contributed by atoms with van der Waals surface area (Å²) in [6, 6.07) is 22.8. The first-order valence-electron chi connectivity index (χ1n) is 8.38. The van der Waals surface area contributed by atoms with Gasteiger partial charge in [0.25, 0.3) is 0 Å². The first-order chi connectivity index (χ1) is 12.5. The summed E-state index contributed by atoms with van der Waals surface area (Å²) in [5, 5.41) is 13.1. The Morgan fingerprint density at radius 3 is 2.08 bits per heavy atom. The van der Waals surface area contributed by atoms with E-state index in [1.807, 2.05) is 24.3 Å². The van der Waals surface area contributed by atoms with E-state index in [1.54, 1.807) is 61.5 Å². The largest absolute Gasteiger partial charge is 0.389 e. The van der Waals surface area contributed by atoms with Crippen LogP contribution < -0.4 is 5.32 Å². The van der Waals surface area contributed by atoms with Gasteiger partial charge in [0, 0.05) is 17.8 Å². The third-order valence-corrected chi connectivity index (χ3v) is 5.97. The Bertz CT molecular complexity index is 966. The molecule has 0 saturated carbocycles. The van der Waals surface area contributed by atoms with Gasteiger partial charge in [-0.05, 0) is 42.8 Å². The number of aliphatic hydroxyl groups excluding tert-OH is 1. The molecular formula is C21H21NO3S. The Hall–Kier alpha value is -2.63. The molecule has 0 radical (unpaired) electrons. The van der Waals surface area contributed by atoms with Gasteiger partial charge in [0.2, 0.25) is 9.84 Å². The monoisotopic (exact) mass is 367 g/mol. The molecule has 0 aliphatic carbocycles. The lowest BCUT2D eigenvalue weighted by Crippen LogP contribution is -2.05. The van der Waals surface area contributed by atoms with Crippen LogP contribution in [0.15, 0.2) is 88.7 Å². The molecule has 0 amide bonds. The quantitative estimate of drug-likeness (QED) is 0.686. The van der Waals surface area contributed by atoms with Crippen molar-refractivity contribution < 1.29 is 13.5 Å². The van der Waals surface area contributed by atoms with Crippen LogP contribution in [0.4, 0.5) is 5.69 Å². The van der Waals surface area contributed by atoms with Crippen LogP contribution in [0, 0.1) is 0 Å². The number of anilines is 1. The highest BCUT2D eigenvalue weighted by molar-refractivity contribution is 7.91. The van der Waals surface area contributed by atoms with Crippen LogP contribution >= 0.6 is 0 Å². The summed E-state index contributed by atoms with van der Waals surface area (Å²) in [7, 11) is -3.49.